The minimum atomic E-state index is -4.49. The van der Waals surface area contributed by atoms with Gasteiger partial charge in [0.2, 0.25) is 5.78 Å². The number of carbonyl (C=O) groups is 1. The zero-order valence-corrected chi connectivity index (χ0v) is 22.4. The summed E-state index contributed by atoms with van der Waals surface area (Å²) in [5.41, 5.74) is -0.669. The molecule has 1 aliphatic carbocycles. The van der Waals surface area contributed by atoms with E-state index in [1.807, 2.05) is 0 Å². The van der Waals surface area contributed by atoms with Crippen molar-refractivity contribution < 1.29 is 35.7 Å². The third-order valence-electron chi connectivity index (χ3n) is 5.67. The summed E-state index contributed by atoms with van der Waals surface area (Å²) >= 11 is 8.29. The van der Waals surface area contributed by atoms with Crippen LogP contribution in [0.15, 0.2) is 52.6 Å². The van der Waals surface area contributed by atoms with Crippen molar-refractivity contribution in [2.75, 3.05) is 11.9 Å². The Balaban J connectivity index is 1.49. The fraction of sp³-hybridized carbons (Fsp3) is 0.318. The summed E-state index contributed by atoms with van der Waals surface area (Å²) in [6.45, 7) is -0.284. The number of rotatable bonds is 9. The first kappa shape index (κ1) is 28.7. The zero-order chi connectivity index (χ0) is 27.7. The van der Waals surface area contributed by atoms with Gasteiger partial charge in [0.1, 0.15) is 16.5 Å². The second-order valence-corrected chi connectivity index (χ2v) is 12.4. The molecule has 1 fully saturated rings. The molecular formula is C22H20ClF3N4O5S3. The molecule has 0 aliphatic heterocycles. The van der Waals surface area contributed by atoms with Crippen LogP contribution in [0.3, 0.4) is 0 Å². The number of nitrogens with zero attached hydrogens (tertiary/aromatic N) is 2. The normalized spacial score (nSPS) is 20.0. The lowest BCUT2D eigenvalue weighted by molar-refractivity contribution is -0.137. The van der Waals surface area contributed by atoms with Gasteiger partial charge in [0.25, 0.3) is 0 Å². The van der Waals surface area contributed by atoms with Crippen LogP contribution in [0.5, 0.6) is 0 Å². The lowest BCUT2D eigenvalue weighted by atomic mass is 10.1. The van der Waals surface area contributed by atoms with Gasteiger partial charge in [-0.15, -0.1) is 11.3 Å². The van der Waals surface area contributed by atoms with Gasteiger partial charge >= 0.3 is 16.5 Å². The number of ketones is 1. The molecule has 0 spiro atoms. The highest BCUT2D eigenvalue weighted by Gasteiger charge is 2.35. The molecule has 3 aromatic rings. The molecule has 16 heteroatoms. The summed E-state index contributed by atoms with van der Waals surface area (Å²) < 4.78 is 66.1. The van der Waals surface area contributed by atoms with Crippen molar-refractivity contribution in [3.05, 3.63) is 63.2 Å². The Morgan fingerprint density at radius 1 is 1.32 bits per heavy atom. The molecule has 2 aromatic heterocycles. The molecule has 0 saturated heterocycles. The van der Waals surface area contributed by atoms with Gasteiger partial charge in [0, 0.05) is 27.9 Å². The van der Waals surface area contributed by atoms with E-state index in [1.165, 1.54) is 30.7 Å². The predicted molar refractivity (Wildman–Crippen MR) is 136 cm³/mol. The maximum atomic E-state index is 13.3. The van der Waals surface area contributed by atoms with Crippen molar-refractivity contribution in [2.24, 2.45) is 11.1 Å². The van der Waals surface area contributed by atoms with E-state index >= 15 is 0 Å². The van der Waals surface area contributed by atoms with Gasteiger partial charge < -0.3 is 10.4 Å². The molecule has 0 unspecified atom stereocenters. The maximum Gasteiger partial charge on any atom is 0.416 e. The third-order valence-corrected chi connectivity index (χ3v) is 8.76. The summed E-state index contributed by atoms with van der Waals surface area (Å²) in [5, 5.41) is 18.2. The smallest absolute Gasteiger partial charge is 0.393 e. The largest absolute Gasteiger partial charge is 0.416 e. The van der Waals surface area contributed by atoms with E-state index in [0.717, 1.165) is 35.2 Å². The van der Waals surface area contributed by atoms with Gasteiger partial charge in [-0.25, -0.2) is 15.1 Å². The molecule has 204 valence electrons. The van der Waals surface area contributed by atoms with E-state index in [2.05, 4.69) is 19.5 Å². The van der Waals surface area contributed by atoms with Gasteiger partial charge in [-0.05, 0) is 37.1 Å². The number of thiophene rings is 1. The van der Waals surface area contributed by atoms with E-state index in [9.17, 15) is 31.5 Å². The first-order chi connectivity index (χ1) is 17.8. The Bertz CT molecular complexity index is 1440. The second kappa shape index (κ2) is 11.5. The Morgan fingerprint density at radius 2 is 2.08 bits per heavy atom. The molecule has 9 nitrogen and oxygen atoms in total. The van der Waals surface area contributed by atoms with Gasteiger partial charge in [0.15, 0.2) is 0 Å². The molecule has 1 saturated carbocycles. The number of halogens is 4. The molecule has 0 radical (unpaired) electrons. The Hall–Kier alpha value is -2.27. The van der Waals surface area contributed by atoms with Crippen molar-refractivity contribution in [1.29, 1.82) is 0 Å². The lowest BCUT2D eigenvalue weighted by Crippen LogP contribution is -2.24. The number of anilines is 1. The minimum Gasteiger partial charge on any atom is -0.393 e. The maximum absolute atomic E-state index is 13.3. The first-order valence-electron chi connectivity index (χ1n) is 10.9. The number of aliphatic hydroxyl groups is 1. The lowest BCUT2D eigenvalue weighted by Gasteiger charge is -2.15. The second-order valence-electron chi connectivity index (χ2n) is 8.41. The monoisotopic (exact) mass is 608 g/mol. The van der Waals surface area contributed by atoms with E-state index in [4.69, 9.17) is 16.7 Å². The van der Waals surface area contributed by atoms with E-state index < -0.39 is 39.8 Å². The molecule has 2 heterocycles. The Morgan fingerprint density at radius 3 is 2.79 bits per heavy atom. The Kier molecular flexibility index (Phi) is 8.66. The highest BCUT2D eigenvalue weighted by Crippen LogP contribution is 2.41. The van der Waals surface area contributed by atoms with E-state index in [1.54, 1.807) is 0 Å². The van der Waals surface area contributed by atoms with Crippen molar-refractivity contribution in [2.45, 2.75) is 41.0 Å². The van der Waals surface area contributed by atoms with E-state index in [-0.39, 0.29) is 39.7 Å². The molecule has 4 rings (SSSR count). The molecule has 1 aliphatic rings. The van der Waals surface area contributed by atoms with Crippen LogP contribution in [0.25, 0.3) is 0 Å². The van der Waals surface area contributed by atoms with Crippen LogP contribution >= 0.6 is 34.7 Å². The fourth-order valence-electron chi connectivity index (χ4n) is 3.92. The number of aliphatic hydroxyl groups excluding tert-OH is 1. The van der Waals surface area contributed by atoms with Gasteiger partial charge in [-0.1, -0.05) is 29.4 Å². The van der Waals surface area contributed by atoms with Crippen molar-refractivity contribution in [3.63, 3.8) is 0 Å². The Labute approximate surface area is 228 Å². The predicted octanol–water partition coefficient (Wildman–Crippen LogP) is 4.36. The minimum absolute atomic E-state index is 0.125. The number of hydrogen-bond donors (Lipinski definition) is 3. The van der Waals surface area contributed by atoms with Gasteiger partial charge in [-0.3, -0.25) is 8.98 Å². The number of nitrogens with one attached hydrogen (secondary N) is 1. The van der Waals surface area contributed by atoms with Gasteiger partial charge in [-0.2, -0.15) is 21.6 Å². The number of alkyl halides is 3. The molecule has 0 amide bonds. The van der Waals surface area contributed by atoms with Crippen molar-refractivity contribution in [3.8, 4) is 0 Å². The molecule has 0 bridgehead atoms. The van der Waals surface area contributed by atoms with Crippen LogP contribution in [0.2, 0.25) is 4.34 Å². The van der Waals surface area contributed by atoms with Gasteiger partial charge in [0.05, 0.1) is 28.7 Å². The summed E-state index contributed by atoms with van der Waals surface area (Å²) in [5.74, 6) is -0.756. The van der Waals surface area contributed by atoms with Crippen LogP contribution in [0.1, 0.15) is 33.6 Å². The van der Waals surface area contributed by atoms with Crippen molar-refractivity contribution in [1.82, 2.24) is 9.97 Å². The quantitative estimate of drug-likeness (QED) is 0.302. The number of aromatic nitrogens is 2. The zero-order valence-electron chi connectivity index (χ0n) is 19.2. The molecule has 3 atom stereocenters. The van der Waals surface area contributed by atoms with Crippen LogP contribution in [0.4, 0.5) is 19.0 Å². The summed E-state index contributed by atoms with van der Waals surface area (Å²) in [4.78, 5) is 22.3. The number of carbonyl (C=O) groups excluding carboxylic acids is 1. The first-order valence-corrected chi connectivity index (χ1v) is 14.4. The van der Waals surface area contributed by atoms with Crippen LogP contribution in [-0.4, -0.2) is 48.0 Å². The highest BCUT2D eigenvalue weighted by atomic mass is 35.5. The van der Waals surface area contributed by atoms with E-state index in [0.29, 0.717) is 16.2 Å². The van der Waals surface area contributed by atoms with Crippen LogP contribution < -0.4 is 10.5 Å². The average molecular weight is 609 g/mol. The number of benzene rings is 1. The van der Waals surface area contributed by atoms with Crippen LogP contribution in [0, 0.1) is 5.92 Å². The molecule has 4 N–H and O–H groups in total. The summed E-state index contributed by atoms with van der Waals surface area (Å²) in [6.07, 6.45) is -2.21. The number of nitrogens with two attached hydrogens (primary N) is 1. The standard InChI is InChI=1S/C22H20ClF3N4O5S3/c23-20-18(36-14-3-1-2-12(5-14)22(24,25)26)7-17(37-20)19(32)15-8-28-10-29-21(15)30-13-4-11(16(31)6-13)9-35-38(27,33)34/h1-3,5,7-8,10-11,13,16,31H,4,6,9H2,(H2,27,33,34)(H,28,29,30)/t11-,13-,16+/m1/s1. The molecule has 1 aromatic carbocycles. The molecular weight excluding hydrogens is 589 g/mol. The topological polar surface area (TPSA) is 144 Å². The highest BCUT2D eigenvalue weighted by molar-refractivity contribution is 7.99. The molecule has 38 heavy (non-hydrogen) atoms. The van der Waals surface area contributed by atoms with Crippen LogP contribution in [-0.2, 0) is 20.7 Å². The van der Waals surface area contributed by atoms with Crippen molar-refractivity contribution >= 4 is 56.6 Å². The third kappa shape index (κ3) is 7.22. The summed E-state index contributed by atoms with van der Waals surface area (Å²) in [7, 11) is -4.15. The fourth-order valence-corrected chi connectivity index (χ4v) is 6.60. The average Bonchev–Trinajstić information content (AvgIpc) is 3.38. The number of hydrogen-bond acceptors (Lipinski definition) is 10. The summed E-state index contributed by atoms with van der Waals surface area (Å²) in [6, 6.07) is 5.93. The SMILES string of the molecule is NS(=O)(=O)OC[C@H]1C[C@@H](Nc2ncncc2C(=O)c2cc(Sc3cccc(C(F)(F)F)c3)c(Cl)s2)C[C@@H]1O.